The Kier molecular flexibility index (Phi) is 4.07. The predicted octanol–water partition coefficient (Wildman–Crippen LogP) is 3.62. The van der Waals surface area contributed by atoms with E-state index in [4.69, 9.17) is 5.73 Å². The molecule has 3 nitrogen and oxygen atoms in total. The molecular formula is C17H26N2O. The van der Waals surface area contributed by atoms with Crippen LogP contribution in [-0.2, 0) is 11.2 Å². The van der Waals surface area contributed by atoms with Gasteiger partial charge in [0.05, 0.1) is 11.4 Å². The molecule has 2 rings (SSSR count). The van der Waals surface area contributed by atoms with Gasteiger partial charge in [-0.25, -0.2) is 0 Å². The Bertz CT molecular complexity index is 502. The highest BCUT2D eigenvalue weighted by Crippen LogP contribution is 2.35. The maximum Gasteiger partial charge on any atom is 0.227 e. The Morgan fingerprint density at radius 3 is 2.75 bits per heavy atom. The summed E-state index contributed by atoms with van der Waals surface area (Å²) in [6, 6.07) is 5.91. The summed E-state index contributed by atoms with van der Waals surface area (Å²) in [5.41, 5.74) is 9.16. The third-order valence-corrected chi connectivity index (χ3v) is 3.81. The number of carbonyl (C=O) groups is 1. The van der Waals surface area contributed by atoms with Gasteiger partial charge in [0.25, 0.3) is 0 Å². The summed E-state index contributed by atoms with van der Waals surface area (Å²) in [6.45, 7) is 9.59. The van der Waals surface area contributed by atoms with Gasteiger partial charge in [0, 0.05) is 13.0 Å². The summed E-state index contributed by atoms with van der Waals surface area (Å²) in [4.78, 5) is 14.4. The van der Waals surface area contributed by atoms with Crippen molar-refractivity contribution in [1.29, 1.82) is 0 Å². The van der Waals surface area contributed by atoms with E-state index in [0.717, 1.165) is 30.8 Å². The quantitative estimate of drug-likeness (QED) is 0.856. The molecule has 1 unspecified atom stereocenters. The fraction of sp³-hybridized carbons (Fsp3) is 0.588. The van der Waals surface area contributed by atoms with Gasteiger partial charge in [0.15, 0.2) is 0 Å². The number of hydrogen-bond acceptors (Lipinski definition) is 2. The predicted molar refractivity (Wildman–Crippen MR) is 84.8 cm³/mol. The first-order valence-corrected chi connectivity index (χ1v) is 7.45. The van der Waals surface area contributed by atoms with Crippen molar-refractivity contribution in [3.8, 4) is 0 Å². The molecule has 1 aliphatic heterocycles. The number of rotatable bonds is 3. The molecule has 0 fully saturated rings. The van der Waals surface area contributed by atoms with Crippen LogP contribution in [0.25, 0.3) is 0 Å². The van der Waals surface area contributed by atoms with Gasteiger partial charge in [-0.3, -0.25) is 4.79 Å². The van der Waals surface area contributed by atoms with E-state index in [-0.39, 0.29) is 11.3 Å². The van der Waals surface area contributed by atoms with Crippen molar-refractivity contribution in [2.45, 2.75) is 47.0 Å². The van der Waals surface area contributed by atoms with Crippen LogP contribution in [0.4, 0.5) is 11.4 Å². The summed E-state index contributed by atoms with van der Waals surface area (Å²) in [7, 11) is 0. The van der Waals surface area contributed by atoms with Crippen LogP contribution in [0.5, 0.6) is 0 Å². The van der Waals surface area contributed by atoms with E-state index in [1.54, 1.807) is 0 Å². The fourth-order valence-electron chi connectivity index (χ4n) is 3.26. The molecule has 0 aromatic heterocycles. The van der Waals surface area contributed by atoms with E-state index < -0.39 is 0 Å². The molecule has 1 aliphatic rings. The number of nitrogens with two attached hydrogens (primary N) is 1. The third-order valence-electron chi connectivity index (χ3n) is 3.81. The fourth-order valence-corrected chi connectivity index (χ4v) is 3.26. The minimum Gasteiger partial charge on any atom is -0.397 e. The van der Waals surface area contributed by atoms with Crippen LogP contribution >= 0.6 is 0 Å². The lowest BCUT2D eigenvalue weighted by Gasteiger charge is -2.25. The number of para-hydroxylation sites is 1. The lowest BCUT2D eigenvalue weighted by Crippen LogP contribution is -2.31. The average Bonchev–Trinajstić information content (AvgIpc) is 2.71. The molecule has 1 aromatic carbocycles. The minimum absolute atomic E-state index is 0.207. The minimum atomic E-state index is 0.207. The summed E-state index contributed by atoms with van der Waals surface area (Å²) >= 11 is 0. The number of nitrogens with zero attached hydrogens (tertiary/aromatic N) is 1. The van der Waals surface area contributed by atoms with Crippen LogP contribution in [0.1, 0.15) is 46.1 Å². The largest absolute Gasteiger partial charge is 0.397 e. The van der Waals surface area contributed by atoms with E-state index in [2.05, 4.69) is 33.8 Å². The molecule has 0 saturated heterocycles. The molecule has 0 aliphatic carbocycles. The van der Waals surface area contributed by atoms with Crippen LogP contribution in [0.2, 0.25) is 0 Å². The zero-order valence-electron chi connectivity index (χ0n) is 13.1. The van der Waals surface area contributed by atoms with Crippen molar-refractivity contribution in [2.24, 2.45) is 11.3 Å². The monoisotopic (exact) mass is 274 g/mol. The number of carbonyl (C=O) groups excluding carboxylic acids is 1. The Balaban J connectivity index is 2.06. The highest BCUT2D eigenvalue weighted by atomic mass is 16.2. The summed E-state index contributed by atoms with van der Waals surface area (Å²) in [6.07, 6.45) is 2.58. The smallest absolute Gasteiger partial charge is 0.227 e. The van der Waals surface area contributed by atoms with E-state index in [1.807, 2.05) is 17.0 Å². The van der Waals surface area contributed by atoms with Crippen LogP contribution < -0.4 is 10.6 Å². The third kappa shape index (κ3) is 3.33. The first-order valence-electron chi connectivity index (χ1n) is 7.45. The topological polar surface area (TPSA) is 46.3 Å². The van der Waals surface area contributed by atoms with Crippen LogP contribution in [-0.4, -0.2) is 12.5 Å². The molecule has 0 radical (unpaired) electrons. The molecule has 3 heteroatoms. The number of fused-ring (bicyclic) bond motifs is 1. The molecule has 2 N–H and O–H groups in total. The molecule has 1 aromatic rings. The summed E-state index contributed by atoms with van der Waals surface area (Å²) in [5, 5.41) is 0. The molecule has 0 spiro atoms. The Morgan fingerprint density at radius 1 is 1.40 bits per heavy atom. The van der Waals surface area contributed by atoms with Crippen LogP contribution in [0.3, 0.4) is 0 Å². The summed E-state index contributed by atoms with van der Waals surface area (Å²) < 4.78 is 0. The van der Waals surface area contributed by atoms with Crippen molar-refractivity contribution in [2.75, 3.05) is 17.2 Å². The maximum absolute atomic E-state index is 12.5. The van der Waals surface area contributed by atoms with Gasteiger partial charge in [0.2, 0.25) is 5.91 Å². The second-order valence-corrected chi connectivity index (χ2v) is 7.22. The van der Waals surface area contributed by atoms with Crippen LogP contribution in [0.15, 0.2) is 18.2 Å². The highest BCUT2D eigenvalue weighted by molar-refractivity contribution is 5.98. The van der Waals surface area contributed by atoms with Gasteiger partial charge in [-0.15, -0.1) is 0 Å². The first kappa shape index (κ1) is 14.9. The first-order chi connectivity index (χ1) is 9.28. The Hall–Kier alpha value is -1.51. The zero-order valence-corrected chi connectivity index (χ0v) is 13.1. The van der Waals surface area contributed by atoms with Crippen molar-refractivity contribution in [3.63, 3.8) is 0 Å². The Labute approximate surface area is 122 Å². The van der Waals surface area contributed by atoms with Crippen molar-refractivity contribution in [1.82, 2.24) is 0 Å². The number of hydrogen-bond donors (Lipinski definition) is 1. The Morgan fingerprint density at radius 2 is 2.10 bits per heavy atom. The second kappa shape index (κ2) is 5.47. The average molecular weight is 274 g/mol. The molecule has 0 bridgehead atoms. The standard InChI is InChI=1S/C17H26N2O/c1-12(11-17(2,3)4)10-15(20)19-9-8-13-6-5-7-14(18)16(13)19/h5-7,12H,8-11,18H2,1-4H3. The highest BCUT2D eigenvalue weighted by Gasteiger charge is 2.28. The molecule has 1 heterocycles. The zero-order chi connectivity index (χ0) is 14.9. The number of benzene rings is 1. The lowest BCUT2D eigenvalue weighted by atomic mass is 9.84. The van der Waals surface area contributed by atoms with Gasteiger partial charge >= 0.3 is 0 Å². The lowest BCUT2D eigenvalue weighted by molar-refractivity contribution is -0.119. The molecule has 20 heavy (non-hydrogen) atoms. The van der Waals surface area contributed by atoms with Gasteiger partial charge in [0.1, 0.15) is 0 Å². The molecule has 0 saturated carbocycles. The van der Waals surface area contributed by atoms with Gasteiger partial charge in [-0.2, -0.15) is 0 Å². The molecule has 1 atom stereocenters. The second-order valence-electron chi connectivity index (χ2n) is 7.22. The van der Waals surface area contributed by atoms with Gasteiger partial charge in [-0.1, -0.05) is 39.8 Å². The van der Waals surface area contributed by atoms with E-state index in [1.165, 1.54) is 5.56 Å². The van der Waals surface area contributed by atoms with Crippen LogP contribution in [0, 0.1) is 11.3 Å². The van der Waals surface area contributed by atoms with Gasteiger partial charge < -0.3 is 10.6 Å². The number of amides is 1. The number of anilines is 2. The number of nitrogen functional groups attached to an aromatic ring is 1. The van der Waals surface area contributed by atoms with E-state index in [0.29, 0.717) is 12.3 Å². The van der Waals surface area contributed by atoms with Gasteiger partial charge in [-0.05, 0) is 35.8 Å². The molecule has 1 amide bonds. The van der Waals surface area contributed by atoms with Crippen molar-refractivity contribution in [3.05, 3.63) is 23.8 Å². The SMILES string of the molecule is CC(CC(=O)N1CCc2cccc(N)c21)CC(C)(C)C. The maximum atomic E-state index is 12.5. The van der Waals surface area contributed by atoms with Crippen molar-refractivity contribution >= 4 is 17.3 Å². The summed E-state index contributed by atoms with van der Waals surface area (Å²) in [5.74, 6) is 0.606. The van der Waals surface area contributed by atoms with E-state index in [9.17, 15) is 4.79 Å². The van der Waals surface area contributed by atoms with E-state index >= 15 is 0 Å². The normalized spacial score (nSPS) is 16.1. The molecular weight excluding hydrogens is 248 g/mol. The van der Waals surface area contributed by atoms with Crippen molar-refractivity contribution < 1.29 is 4.79 Å². The molecule has 110 valence electrons.